The van der Waals surface area contributed by atoms with Gasteiger partial charge < -0.3 is 10.6 Å². The zero-order chi connectivity index (χ0) is 13.2. The van der Waals surface area contributed by atoms with Crippen molar-refractivity contribution < 1.29 is 4.79 Å². The van der Waals surface area contributed by atoms with Gasteiger partial charge in [-0.15, -0.1) is 0 Å². The zero-order valence-corrected chi connectivity index (χ0v) is 11.9. The lowest BCUT2D eigenvalue weighted by Gasteiger charge is -2.41. The molecule has 1 aliphatic heterocycles. The van der Waals surface area contributed by atoms with E-state index in [-0.39, 0.29) is 23.4 Å². The Kier molecular flexibility index (Phi) is 4.55. The SMILES string of the molecule is CC(N)C(N1CCCN(C)C(=O)C1)C(C)(C)C. The number of nitrogens with two attached hydrogens (primary N) is 1. The van der Waals surface area contributed by atoms with E-state index in [0.717, 1.165) is 19.5 Å². The lowest BCUT2D eigenvalue weighted by molar-refractivity contribution is -0.130. The molecule has 1 amide bonds. The molecule has 0 aromatic carbocycles. The van der Waals surface area contributed by atoms with Gasteiger partial charge in [0.2, 0.25) is 5.91 Å². The third kappa shape index (κ3) is 3.68. The van der Waals surface area contributed by atoms with Crippen LogP contribution >= 0.6 is 0 Å². The number of amides is 1. The van der Waals surface area contributed by atoms with Crippen LogP contribution in [0.2, 0.25) is 0 Å². The van der Waals surface area contributed by atoms with E-state index in [0.29, 0.717) is 6.54 Å². The first-order chi connectivity index (χ1) is 7.73. The van der Waals surface area contributed by atoms with Crippen LogP contribution in [0.3, 0.4) is 0 Å². The molecule has 0 aromatic rings. The minimum absolute atomic E-state index is 0.0752. The molecule has 1 heterocycles. The molecule has 2 unspecified atom stereocenters. The van der Waals surface area contributed by atoms with Crippen molar-refractivity contribution >= 4 is 5.91 Å². The van der Waals surface area contributed by atoms with Crippen molar-refractivity contribution in [1.29, 1.82) is 0 Å². The summed E-state index contributed by atoms with van der Waals surface area (Å²) in [4.78, 5) is 16.0. The minimum Gasteiger partial charge on any atom is -0.345 e. The molecule has 0 spiro atoms. The molecule has 1 aliphatic rings. The molecule has 0 aliphatic carbocycles. The van der Waals surface area contributed by atoms with Gasteiger partial charge in [-0.3, -0.25) is 9.69 Å². The predicted molar refractivity (Wildman–Crippen MR) is 70.7 cm³/mol. The van der Waals surface area contributed by atoms with Crippen LogP contribution in [0, 0.1) is 5.41 Å². The van der Waals surface area contributed by atoms with Crippen LogP contribution in [0.5, 0.6) is 0 Å². The molecule has 0 radical (unpaired) electrons. The Morgan fingerprint density at radius 2 is 1.88 bits per heavy atom. The minimum atomic E-state index is 0.0752. The van der Waals surface area contributed by atoms with Crippen LogP contribution < -0.4 is 5.73 Å². The number of carbonyl (C=O) groups excluding carboxylic acids is 1. The van der Waals surface area contributed by atoms with Gasteiger partial charge in [-0.05, 0) is 18.8 Å². The van der Waals surface area contributed by atoms with E-state index in [1.54, 1.807) is 0 Å². The Morgan fingerprint density at radius 3 is 2.35 bits per heavy atom. The van der Waals surface area contributed by atoms with Gasteiger partial charge >= 0.3 is 0 Å². The quantitative estimate of drug-likeness (QED) is 0.782. The molecule has 2 N–H and O–H groups in total. The molecule has 17 heavy (non-hydrogen) atoms. The molecular weight excluding hydrogens is 214 g/mol. The molecule has 2 atom stereocenters. The monoisotopic (exact) mass is 241 g/mol. The molecule has 100 valence electrons. The molecule has 0 bridgehead atoms. The maximum atomic E-state index is 11.9. The lowest BCUT2D eigenvalue weighted by Crippen LogP contribution is -2.55. The Labute approximate surface area is 105 Å². The summed E-state index contributed by atoms with van der Waals surface area (Å²) in [5.74, 6) is 0.206. The highest BCUT2D eigenvalue weighted by Gasteiger charge is 2.35. The van der Waals surface area contributed by atoms with E-state index in [2.05, 4.69) is 25.7 Å². The first kappa shape index (κ1) is 14.5. The molecule has 4 nitrogen and oxygen atoms in total. The molecule has 0 saturated carbocycles. The highest BCUT2D eigenvalue weighted by molar-refractivity contribution is 5.78. The van der Waals surface area contributed by atoms with E-state index in [1.165, 1.54) is 0 Å². The summed E-state index contributed by atoms with van der Waals surface area (Å²) in [5.41, 5.74) is 6.21. The second-order valence-corrected chi connectivity index (χ2v) is 6.31. The molecule has 1 saturated heterocycles. The lowest BCUT2D eigenvalue weighted by atomic mass is 9.81. The largest absolute Gasteiger partial charge is 0.345 e. The Hall–Kier alpha value is -0.610. The van der Waals surface area contributed by atoms with Crippen molar-refractivity contribution in [2.24, 2.45) is 11.1 Å². The van der Waals surface area contributed by atoms with Gasteiger partial charge in [0, 0.05) is 32.2 Å². The summed E-state index contributed by atoms with van der Waals surface area (Å²) in [6.07, 6.45) is 1.03. The van der Waals surface area contributed by atoms with Crippen LogP contribution in [-0.2, 0) is 4.79 Å². The van der Waals surface area contributed by atoms with Crippen molar-refractivity contribution in [2.75, 3.05) is 26.7 Å². The van der Waals surface area contributed by atoms with Gasteiger partial charge in [0.1, 0.15) is 0 Å². The van der Waals surface area contributed by atoms with E-state index in [4.69, 9.17) is 5.73 Å². The molecule has 4 heteroatoms. The average molecular weight is 241 g/mol. The van der Waals surface area contributed by atoms with E-state index in [9.17, 15) is 4.79 Å². The fraction of sp³-hybridized carbons (Fsp3) is 0.923. The van der Waals surface area contributed by atoms with Crippen molar-refractivity contribution in [2.45, 2.75) is 46.2 Å². The smallest absolute Gasteiger partial charge is 0.236 e. The van der Waals surface area contributed by atoms with Gasteiger partial charge in [-0.25, -0.2) is 0 Å². The standard InChI is InChI=1S/C13H27N3O/c1-10(14)12(13(2,3)4)16-8-6-7-15(5)11(17)9-16/h10,12H,6-9,14H2,1-5H3. The highest BCUT2D eigenvalue weighted by atomic mass is 16.2. The van der Waals surface area contributed by atoms with Crippen LogP contribution in [0.4, 0.5) is 0 Å². The zero-order valence-electron chi connectivity index (χ0n) is 11.9. The maximum absolute atomic E-state index is 11.9. The van der Waals surface area contributed by atoms with Gasteiger partial charge in [-0.2, -0.15) is 0 Å². The van der Waals surface area contributed by atoms with Crippen molar-refractivity contribution in [3.05, 3.63) is 0 Å². The summed E-state index contributed by atoms with van der Waals surface area (Å²) >= 11 is 0. The summed E-state index contributed by atoms with van der Waals surface area (Å²) in [6, 6.07) is 0.323. The van der Waals surface area contributed by atoms with Gasteiger partial charge in [0.05, 0.1) is 6.54 Å². The Morgan fingerprint density at radius 1 is 1.29 bits per heavy atom. The number of likely N-dealkylation sites (N-methyl/N-ethyl adjacent to an activating group) is 1. The second-order valence-electron chi connectivity index (χ2n) is 6.31. The normalized spacial score (nSPS) is 23.4. The average Bonchev–Trinajstić information content (AvgIpc) is 2.27. The molecular formula is C13H27N3O. The van der Waals surface area contributed by atoms with Gasteiger partial charge in [-0.1, -0.05) is 20.8 Å². The highest BCUT2D eigenvalue weighted by Crippen LogP contribution is 2.27. The van der Waals surface area contributed by atoms with E-state index in [1.807, 2.05) is 18.9 Å². The maximum Gasteiger partial charge on any atom is 0.236 e. The fourth-order valence-corrected chi connectivity index (χ4v) is 2.92. The number of hydrogen-bond acceptors (Lipinski definition) is 3. The van der Waals surface area contributed by atoms with Crippen LogP contribution in [-0.4, -0.2) is 54.5 Å². The number of nitrogens with zero attached hydrogens (tertiary/aromatic N) is 2. The number of hydrogen-bond donors (Lipinski definition) is 1. The van der Waals surface area contributed by atoms with Crippen molar-refractivity contribution in [3.63, 3.8) is 0 Å². The fourth-order valence-electron chi connectivity index (χ4n) is 2.92. The van der Waals surface area contributed by atoms with Crippen LogP contribution in [0.25, 0.3) is 0 Å². The molecule has 1 rings (SSSR count). The van der Waals surface area contributed by atoms with E-state index < -0.39 is 0 Å². The molecule has 1 fully saturated rings. The molecule has 0 aromatic heterocycles. The van der Waals surface area contributed by atoms with Gasteiger partial charge in [0.25, 0.3) is 0 Å². The van der Waals surface area contributed by atoms with E-state index >= 15 is 0 Å². The summed E-state index contributed by atoms with van der Waals surface area (Å²) in [7, 11) is 1.88. The number of carbonyl (C=O) groups is 1. The summed E-state index contributed by atoms with van der Waals surface area (Å²) < 4.78 is 0. The predicted octanol–water partition coefficient (Wildman–Crippen LogP) is 0.912. The second kappa shape index (κ2) is 5.36. The number of rotatable bonds is 2. The Bertz CT molecular complexity index is 270. The summed E-state index contributed by atoms with van der Waals surface area (Å²) in [5, 5.41) is 0. The first-order valence-corrected chi connectivity index (χ1v) is 6.47. The van der Waals surface area contributed by atoms with Gasteiger partial charge in [0.15, 0.2) is 0 Å². The van der Waals surface area contributed by atoms with Crippen LogP contribution in [0.15, 0.2) is 0 Å². The first-order valence-electron chi connectivity index (χ1n) is 6.47. The Balaban J connectivity index is 2.84. The van der Waals surface area contributed by atoms with Crippen molar-refractivity contribution in [3.8, 4) is 0 Å². The topological polar surface area (TPSA) is 49.6 Å². The van der Waals surface area contributed by atoms with Crippen molar-refractivity contribution in [1.82, 2.24) is 9.80 Å². The summed E-state index contributed by atoms with van der Waals surface area (Å²) in [6.45, 7) is 10.9. The third-order valence-corrected chi connectivity index (χ3v) is 3.48. The van der Waals surface area contributed by atoms with Crippen LogP contribution in [0.1, 0.15) is 34.1 Å². The third-order valence-electron chi connectivity index (χ3n) is 3.48.